The molecule has 5 heteroatoms. The third kappa shape index (κ3) is 5.69. The topological polar surface area (TPSA) is 61.8 Å². The summed E-state index contributed by atoms with van der Waals surface area (Å²) in [5.74, 6) is -0.350. The van der Waals surface area contributed by atoms with Crippen molar-refractivity contribution in [2.45, 2.75) is 66.1 Å². The van der Waals surface area contributed by atoms with E-state index in [0.29, 0.717) is 32.7 Å². The average Bonchev–Trinajstić information content (AvgIpc) is 2.52. The van der Waals surface area contributed by atoms with Crippen molar-refractivity contribution >= 4 is 11.8 Å². The fourth-order valence-corrected chi connectivity index (χ4v) is 2.49. The molecule has 0 aliphatic carbocycles. The highest BCUT2D eigenvalue weighted by atomic mass is 16.7. The SMILES string of the molecule is CCOC(=O)C(C)(C)C(COC1CCCCO1)CC(=O)CC. The molecule has 0 aromatic heterocycles. The largest absolute Gasteiger partial charge is 0.466 e. The van der Waals surface area contributed by atoms with Crippen molar-refractivity contribution in [1.29, 1.82) is 0 Å². The lowest BCUT2D eigenvalue weighted by atomic mass is 9.76. The van der Waals surface area contributed by atoms with E-state index >= 15 is 0 Å². The Kier molecular flexibility index (Phi) is 8.04. The van der Waals surface area contributed by atoms with Crippen LogP contribution in [0.25, 0.3) is 0 Å². The second kappa shape index (κ2) is 9.26. The average molecular weight is 314 g/mol. The van der Waals surface area contributed by atoms with E-state index in [4.69, 9.17) is 14.2 Å². The van der Waals surface area contributed by atoms with Crippen molar-refractivity contribution in [3.8, 4) is 0 Å². The Labute approximate surface area is 133 Å². The number of Topliss-reactive ketones (excluding diaryl/α,β-unsaturated/α-hetero) is 1. The highest BCUT2D eigenvalue weighted by molar-refractivity contribution is 5.81. The first kappa shape index (κ1) is 19.1. The summed E-state index contributed by atoms with van der Waals surface area (Å²) in [4.78, 5) is 24.1. The van der Waals surface area contributed by atoms with Crippen molar-refractivity contribution in [3.05, 3.63) is 0 Å². The zero-order chi connectivity index (χ0) is 16.6. The van der Waals surface area contributed by atoms with Gasteiger partial charge in [-0.15, -0.1) is 0 Å². The van der Waals surface area contributed by atoms with Gasteiger partial charge in [0.05, 0.1) is 18.6 Å². The van der Waals surface area contributed by atoms with Crippen LogP contribution in [0.2, 0.25) is 0 Å². The molecule has 1 aliphatic heterocycles. The number of ether oxygens (including phenoxy) is 3. The van der Waals surface area contributed by atoms with Gasteiger partial charge in [-0.25, -0.2) is 0 Å². The summed E-state index contributed by atoms with van der Waals surface area (Å²) in [6, 6.07) is 0. The smallest absolute Gasteiger partial charge is 0.311 e. The van der Waals surface area contributed by atoms with Crippen LogP contribution >= 0.6 is 0 Å². The molecule has 0 aromatic carbocycles. The maximum atomic E-state index is 12.2. The monoisotopic (exact) mass is 314 g/mol. The van der Waals surface area contributed by atoms with E-state index in [0.717, 1.165) is 19.3 Å². The second-order valence-electron chi connectivity index (χ2n) is 6.36. The number of hydrogen-bond donors (Lipinski definition) is 0. The zero-order valence-electron chi connectivity index (χ0n) is 14.4. The van der Waals surface area contributed by atoms with Crippen LogP contribution in [0.4, 0.5) is 0 Å². The Morgan fingerprint density at radius 2 is 2.00 bits per heavy atom. The molecule has 0 bridgehead atoms. The lowest BCUT2D eigenvalue weighted by Gasteiger charge is -2.33. The molecule has 0 saturated carbocycles. The summed E-state index contributed by atoms with van der Waals surface area (Å²) in [5, 5.41) is 0. The first-order valence-electron chi connectivity index (χ1n) is 8.33. The third-order valence-corrected chi connectivity index (χ3v) is 4.31. The molecular weight excluding hydrogens is 284 g/mol. The van der Waals surface area contributed by atoms with Crippen molar-refractivity contribution in [1.82, 2.24) is 0 Å². The van der Waals surface area contributed by atoms with Crippen LogP contribution < -0.4 is 0 Å². The first-order chi connectivity index (χ1) is 10.4. The van der Waals surface area contributed by atoms with Gasteiger partial charge in [0.2, 0.25) is 0 Å². The molecule has 0 radical (unpaired) electrons. The van der Waals surface area contributed by atoms with Crippen LogP contribution in [0.1, 0.15) is 59.8 Å². The van der Waals surface area contributed by atoms with E-state index in [1.807, 2.05) is 20.8 Å². The maximum absolute atomic E-state index is 12.2. The third-order valence-electron chi connectivity index (χ3n) is 4.31. The Balaban J connectivity index is 2.68. The van der Waals surface area contributed by atoms with E-state index in [-0.39, 0.29) is 24.0 Å². The molecule has 1 fully saturated rings. The van der Waals surface area contributed by atoms with Gasteiger partial charge in [0.15, 0.2) is 6.29 Å². The van der Waals surface area contributed by atoms with Gasteiger partial charge in [0, 0.05) is 25.4 Å². The summed E-state index contributed by atoms with van der Waals surface area (Å²) < 4.78 is 16.5. The Hall–Kier alpha value is -0.940. The summed E-state index contributed by atoms with van der Waals surface area (Å²) in [6.45, 7) is 8.65. The minimum atomic E-state index is -0.754. The van der Waals surface area contributed by atoms with Crippen molar-refractivity contribution in [3.63, 3.8) is 0 Å². The van der Waals surface area contributed by atoms with Crippen molar-refractivity contribution in [2.24, 2.45) is 11.3 Å². The number of carbonyl (C=O) groups excluding carboxylic acids is 2. The number of rotatable bonds is 9. The van der Waals surface area contributed by atoms with E-state index < -0.39 is 5.41 Å². The van der Waals surface area contributed by atoms with Gasteiger partial charge in [-0.3, -0.25) is 9.59 Å². The van der Waals surface area contributed by atoms with E-state index in [1.54, 1.807) is 6.92 Å². The molecule has 1 aliphatic rings. The molecule has 0 aromatic rings. The molecule has 0 spiro atoms. The van der Waals surface area contributed by atoms with E-state index in [1.165, 1.54) is 0 Å². The Morgan fingerprint density at radius 3 is 2.55 bits per heavy atom. The Morgan fingerprint density at radius 1 is 1.27 bits per heavy atom. The fourth-order valence-electron chi connectivity index (χ4n) is 2.49. The quantitative estimate of drug-likeness (QED) is 0.612. The van der Waals surface area contributed by atoms with Gasteiger partial charge in [-0.05, 0) is 40.0 Å². The van der Waals surface area contributed by atoms with Crippen LogP contribution in [-0.4, -0.2) is 37.9 Å². The van der Waals surface area contributed by atoms with Crippen LogP contribution in [-0.2, 0) is 23.8 Å². The second-order valence-corrected chi connectivity index (χ2v) is 6.36. The highest BCUT2D eigenvalue weighted by Crippen LogP contribution is 2.33. The number of carbonyl (C=O) groups is 2. The predicted molar refractivity (Wildman–Crippen MR) is 83.4 cm³/mol. The number of ketones is 1. The van der Waals surface area contributed by atoms with E-state index in [9.17, 15) is 9.59 Å². The maximum Gasteiger partial charge on any atom is 0.311 e. The number of hydrogen-bond acceptors (Lipinski definition) is 5. The molecule has 1 saturated heterocycles. The molecule has 1 heterocycles. The van der Waals surface area contributed by atoms with Crippen LogP contribution in [0, 0.1) is 11.3 Å². The van der Waals surface area contributed by atoms with Gasteiger partial charge in [-0.1, -0.05) is 6.92 Å². The summed E-state index contributed by atoms with van der Waals surface area (Å²) in [7, 11) is 0. The van der Waals surface area contributed by atoms with Gasteiger partial charge in [-0.2, -0.15) is 0 Å². The fraction of sp³-hybridized carbons (Fsp3) is 0.882. The molecule has 0 N–H and O–H groups in total. The molecule has 5 nitrogen and oxygen atoms in total. The lowest BCUT2D eigenvalue weighted by Crippen LogP contribution is -2.39. The normalized spacial score (nSPS) is 20.5. The molecule has 2 unspecified atom stereocenters. The van der Waals surface area contributed by atoms with Gasteiger partial charge < -0.3 is 14.2 Å². The minimum Gasteiger partial charge on any atom is -0.466 e. The summed E-state index contributed by atoms with van der Waals surface area (Å²) >= 11 is 0. The molecule has 2 atom stereocenters. The zero-order valence-corrected chi connectivity index (χ0v) is 14.4. The predicted octanol–water partition coefficient (Wildman–Crippen LogP) is 3.10. The van der Waals surface area contributed by atoms with Crippen molar-refractivity contribution in [2.75, 3.05) is 19.8 Å². The van der Waals surface area contributed by atoms with Crippen LogP contribution in [0.15, 0.2) is 0 Å². The highest BCUT2D eigenvalue weighted by Gasteiger charge is 2.39. The van der Waals surface area contributed by atoms with Crippen LogP contribution in [0.3, 0.4) is 0 Å². The molecule has 1 rings (SSSR count). The lowest BCUT2D eigenvalue weighted by molar-refractivity contribution is -0.182. The summed E-state index contributed by atoms with van der Waals surface area (Å²) in [5.41, 5.74) is -0.754. The van der Waals surface area contributed by atoms with Gasteiger partial charge >= 0.3 is 5.97 Å². The molecular formula is C17H30O5. The Bertz CT molecular complexity index is 358. The molecule has 22 heavy (non-hydrogen) atoms. The molecule has 0 amide bonds. The van der Waals surface area contributed by atoms with Gasteiger partial charge in [0.1, 0.15) is 5.78 Å². The van der Waals surface area contributed by atoms with Crippen LogP contribution in [0.5, 0.6) is 0 Å². The minimum absolute atomic E-state index is 0.135. The first-order valence-corrected chi connectivity index (χ1v) is 8.33. The van der Waals surface area contributed by atoms with Crippen molar-refractivity contribution < 1.29 is 23.8 Å². The number of esters is 1. The van der Waals surface area contributed by atoms with E-state index in [2.05, 4.69) is 0 Å². The molecule has 128 valence electrons. The van der Waals surface area contributed by atoms with Gasteiger partial charge in [0.25, 0.3) is 0 Å². The summed E-state index contributed by atoms with van der Waals surface area (Å²) in [6.07, 6.45) is 3.60. The standard InChI is InChI=1S/C17H30O5/c1-5-14(18)11-13(17(3,4)16(19)20-6-2)12-22-15-9-7-8-10-21-15/h13,15H,5-12H2,1-4H3.